The number of piperidine rings is 2. The van der Waals surface area contributed by atoms with Gasteiger partial charge in [-0.3, -0.25) is 14.7 Å². The first kappa shape index (κ1) is 24.2. The molecule has 0 saturated carbocycles. The summed E-state index contributed by atoms with van der Waals surface area (Å²) in [5, 5.41) is 11.2. The molecule has 1 aromatic heterocycles. The van der Waals surface area contributed by atoms with Crippen molar-refractivity contribution in [3.05, 3.63) is 70.0 Å². The highest BCUT2D eigenvalue weighted by Gasteiger charge is 2.33. The predicted octanol–water partition coefficient (Wildman–Crippen LogP) is 4.88. The van der Waals surface area contributed by atoms with Crippen molar-refractivity contribution in [2.24, 2.45) is 5.92 Å². The number of pyridine rings is 1. The highest BCUT2D eigenvalue weighted by atomic mass is 35.5. The number of nitrogens with zero attached hydrogens (tertiary/aromatic N) is 3. The molecule has 1 N–H and O–H groups in total. The SMILES string of the molecule is O=C(C=Cc1ccc(Cl)c(Cl)c1)N1CCC(C(CO)N2CCC(c3ccncc3)CC2)CC1. The van der Waals surface area contributed by atoms with Crippen molar-refractivity contribution in [1.82, 2.24) is 14.8 Å². The molecule has 0 radical (unpaired) electrons. The number of aromatic nitrogens is 1. The van der Waals surface area contributed by atoms with Crippen molar-refractivity contribution >= 4 is 35.2 Å². The van der Waals surface area contributed by atoms with Gasteiger partial charge in [0.1, 0.15) is 0 Å². The highest BCUT2D eigenvalue weighted by molar-refractivity contribution is 6.42. The van der Waals surface area contributed by atoms with E-state index < -0.39 is 0 Å². The first-order valence-corrected chi connectivity index (χ1v) is 12.5. The molecule has 1 aromatic carbocycles. The number of carbonyl (C=O) groups excluding carboxylic acids is 1. The molecule has 0 spiro atoms. The third kappa shape index (κ3) is 6.15. The molecule has 1 amide bonds. The van der Waals surface area contributed by atoms with E-state index >= 15 is 0 Å². The molecule has 2 fully saturated rings. The molecule has 33 heavy (non-hydrogen) atoms. The zero-order valence-electron chi connectivity index (χ0n) is 18.7. The maximum Gasteiger partial charge on any atom is 0.246 e. The third-order valence-corrected chi connectivity index (χ3v) is 7.86. The molecular weight excluding hydrogens is 457 g/mol. The van der Waals surface area contributed by atoms with E-state index in [0.717, 1.165) is 57.4 Å². The second-order valence-electron chi connectivity index (χ2n) is 9.01. The monoisotopic (exact) mass is 487 g/mol. The molecule has 176 valence electrons. The molecule has 4 rings (SSSR count). The zero-order chi connectivity index (χ0) is 23.2. The predicted molar refractivity (Wildman–Crippen MR) is 133 cm³/mol. The highest BCUT2D eigenvalue weighted by Crippen LogP contribution is 2.32. The van der Waals surface area contributed by atoms with Crippen LogP contribution in [0.2, 0.25) is 10.0 Å². The molecule has 0 bridgehead atoms. The molecule has 2 saturated heterocycles. The minimum atomic E-state index is 0.0123. The van der Waals surface area contributed by atoms with Crippen LogP contribution in [0.3, 0.4) is 0 Å². The Morgan fingerprint density at radius 1 is 1.03 bits per heavy atom. The topological polar surface area (TPSA) is 56.7 Å². The molecule has 2 aromatic rings. The normalized spacial score (nSPS) is 19.8. The maximum atomic E-state index is 12.7. The molecule has 1 atom stereocenters. The number of hydrogen-bond donors (Lipinski definition) is 1. The van der Waals surface area contributed by atoms with E-state index in [1.54, 1.807) is 24.3 Å². The van der Waals surface area contributed by atoms with Gasteiger partial charge in [-0.2, -0.15) is 0 Å². The Bertz CT molecular complexity index is 953. The van der Waals surface area contributed by atoms with Gasteiger partial charge in [0.05, 0.1) is 16.7 Å². The van der Waals surface area contributed by atoms with Crippen molar-refractivity contribution in [3.63, 3.8) is 0 Å². The van der Waals surface area contributed by atoms with Crippen molar-refractivity contribution in [2.45, 2.75) is 37.6 Å². The Labute approximate surface area is 206 Å². The molecule has 2 aliphatic heterocycles. The van der Waals surface area contributed by atoms with E-state index in [1.165, 1.54) is 5.56 Å². The van der Waals surface area contributed by atoms with E-state index in [9.17, 15) is 9.90 Å². The first-order valence-electron chi connectivity index (χ1n) is 11.7. The number of hydrogen-bond acceptors (Lipinski definition) is 4. The Kier molecular flexibility index (Phi) is 8.42. The summed E-state index contributed by atoms with van der Waals surface area (Å²) in [4.78, 5) is 21.1. The van der Waals surface area contributed by atoms with Crippen molar-refractivity contribution in [1.29, 1.82) is 0 Å². The van der Waals surface area contributed by atoms with E-state index in [0.29, 0.717) is 21.9 Å². The zero-order valence-corrected chi connectivity index (χ0v) is 20.3. The number of likely N-dealkylation sites (tertiary alicyclic amines) is 2. The minimum Gasteiger partial charge on any atom is -0.395 e. The molecular formula is C26H31Cl2N3O2. The van der Waals surface area contributed by atoms with Crippen LogP contribution in [0.5, 0.6) is 0 Å². The lowest BCUT2D eigenvalue weighted by Crippen LogP contribution is -2.50. The summed E-state index contributed by atoms with van der Waals surface area (Å²) >= 11 is 12.0. The summed E-state index contributed by atoms with van der Waals surface area (Å²) in [7, 11) is 0. The summed E-state index contributed by atoms with van der Waals surface area (Å²) in [5.74, 6) is 0.999. The van der Waals surface area contributed by atoms with Gasteiger partial charge in [0, 0.05) is 37.6 Å². The fourth-order valence-corrected chi connectivity index (χ4v) is 5.46. The van der Waals surface area contributed by atoms with Crippen LogP contribution in [-0.4, -0.2) is 64.6 Å². The number of carbonyl (C=O) groups is 1. The number of halogens is 2. The molecule has 5 nitrogen and oxygen atoms in total. The molecule has 3 heterocycles. The van der Waals surface area contributed by atoms with Crippen molar-refractivity contribution in [3.8, 4) is 0 Å². The lowest BCUT2D eigenvalue weighted by atomic mass is 9.85. The molecule has 1 unspecified atom stereocenters. The van der Waals surface area contributed by atoms with Gasteiger partial charge in [0.25, 0.3) is 0 Å². The third-order valence-electron chi connectivity index (χ3n) is 7.12. The number of rotatable bonds is 6. The van der Waals surface area contributed by atoms with Gasteiger partial charge in [-0.05, 0) is 92.1 Å². The Hall–Kier alpha value is -1.92. The largest absolute Gasteiger partial charge is 0.395 e. The van der Waals surface area contributed by atoms with E-state index in [1.807, 2.05) is 23.4 Å². The van der Waals surface area contributed by atoms with Crippen LogP contribution in [0.25, 0.3) is 6.08 Å². The van der Waals surface area contributed by atoms with Gasteiger partial charge in [0.2, 0.25) is 5.91 Å². The average Bonchev–Trinajstić information content (AvgIpc) is 2.86. The van der Waals surface area contributed by atoms with Crippen molar-refractivity contribution < 1.29 is 9.90 Å². The van der Waals surface area contributed by atoms with Crippen LogP contribution in [0.4, 0.5) is 0 Å². The first-order chi connectivity index (χ1) is 16.0. The standard InChI is InChI=1S/C26H31Cl2N3O2/c27-23-3-1-19(17-24(23)28)2-4-26(33)31-15-9-22(10-16-31)25(18-32)30-13-7-21(8-14-30)20-5-11-29-12-6-20/h1-6,11-12,17,21-22,25,32H,7-10,13-16,18H2. The molecule has 7 heteroatoms. The van der Waals surface area contributed by atoms with Crippen LogP contribution < -0.4 is 0 Å². The Morgan fingerprint density at radius 2 is 1.73 bits per heavy atom. The molecule has 0 aliphatic carbocycles. The van der Waals surface area contributed by atoms with Gasteiger partial charge in [0.15, 0.2) is 0 Å². The van der Waals surface area contributed by atoms with E-state index in [-0.39, 0.29) is 18.6 Å². The van der Waals surface area contributed by atoms with E-state index in [4.69, 9.17) is 23.2 Å². The van der Waals surface area contributed by atoms with Gasteiger partial charge < -0.3 is 10.0 Å². The Morgan fingerprint density at radius 3 is 2.36 bits per heavy atom. The number of amides is 1. The average molecular weight is 488 g/mol. The minimum absolute atomic E-state index is 0.0123. The number of aliphatic hydroxyl groups excluding tert-OH is 1. The summed E-state index contributed by atoms with van der Waals surface area (Å²) in [6.07, 6.45) is 11.2. The quantitative estimate of drug-likeness (QED) is 0.589. The van der Waals surface area contributed by atoms with Crippen molar-refractivity contribution in [2.75, 3.05) is 32.8 Å². The fourth-order valence-electron chi connectivity index (χ4n) is 5.16. The maximum absolute atomic E-state index is 12.7. The lowest BCUT2D eigenvalue weighted by molar-refractivity contribution is -0.127. The van der Waals surface area contributed by atoms with Gasteiger partial charge >= 0.3 is 0 Å². The van der Waals surface area contributed by atoms with Crippen LogP contribution in [0, 0.1) is 5.92 Å². The summed E-state index contributed by atoms with van der Waals surface area (Å²) in [5.41, 5.74) is 2.22. The van der Waals surface area contributed by atoms with Crippen LogP contribution in [0.15, 0.2) is 48.8 Å². The van der Waals surface area contributed by atoms with Gasteiger partial charge in [-0.15, -0.1) is 0 Å². The van der Waals surface area contributed by atoms with Crippen LogP contribution >= 0.6 is 23.2 Å². The smallest absolute Gasteiger partial charge is 0.246 e. The molecule has 2 aliphatic rings. The second-order valence-corrected chi connectivity index (χ2v) is 9.82. The lowest BCUT2D eigenvalue weighted by Gasteiger charge is -2.43. The van der Waals surface area contributed by atoms with E-state index in [2.05, 4.69) is 22.0 Å². The van der Waals surface area contributed by atoms with Crippen LogP contribution in [0.1, 0.15) is 42.7 Å². The summed E-state index contributed by atoms with van der Waals surface area (Å²) in [6.45, 7) is 3.63. The number of aliphatic hydroxyl groups is 1. The number of benzene rings is 1. The van der Waals surface area contributed by atoms with Crippen LogP contribution in [-0.2, 0) is 4.79 Å². The fraction of sp³-hybridized carbons (Fsp3) is 0.462. The van der Waals surface area contributed by atoms with Gasteiger partial charge in [-0.25, -0.2) is 0 Å². The second kappa shape index (κ2) is 11.5. The Balaban J connectivity index is 1.27. The summed E-state index contributed by atoms with van der Waals surface area (Å²) in [6, 6.07) is 9.73. The van der Waals surface area contributed by atoms with Gasteiger partial charge in [-0.1, -0.05) is 29.3 Å². The summed E-state index contributed by atoms with van der Waals surface area (Å²) < 4.78 is 0.